The molecule has 0 radical (unpaired) electrons. The van der Waals surface area contributed by atoms with Crippen molar-refractivity contribution in [2.24, 2.45) is 0 Å². The van der Waals surface area contributed by atoms with E-state index in [2.05, 4.69) is 30.4 Å². The maximum Gasteiger partial charge on any atom is 0.574 e. The van der Waals surface area contributed by atoms with E-state index in [9.17, 15) is 31.1 Å². The Bertz CT molecular complexity index is 573. The first-order chi connectivity index (χ1) is 10.5. The largest absolute Gasteiger partial charge is 0.574 e. The first kappa shape index (κ1) is 19.5. The standard InChI is InChI=1S/C12H10BrF6NO3/c1-2-22-9(21)4-6-3-8(23-12(17,18)19)20-7(5-13)10(6)11(14,15)16/h3H,2,4-5H2,1H3. The fraction of sp³-hybridized carbons (Fsp3) is 0.500. The van der Waals surface area contributed by atoms with E-state index in [1.165, 1.54) is 6.92 Å². The van der Waals surface area contributed by atoms with Crippen molar-refractivity contribution in [1.29, 1.82) is 0 Å². The minimum atomic E-state index is -5.13. The third kappa shape index (κ3) is 5.88. The average Bonchev–Trinajstić information content (AvgIpc) is 2.34. The van der Waals surface area contributed by atoms with Gasteiger partial charge in [0.15, 0.2) is 0 Å². The van der Waals surface area contributed by atoms with Gasteiger partial charge in [-0.2, -0.15) is 13.2 Å². The summed E-state index contributed by atoms with van der Waals surface area (Å²) in [6.45, 7) is 1.36. The summed E-state index contributed by atoms with van der Waals surface area (Å²) >= 11 is 2.73. The van der Waals surface area contributed by atoms with E-state index in [0.29, 0.717) is 6.07 Å². The van der Waals surface area contributed by atoms with Gasteiger partial charge in [0.25, 0.3) is 0 Å². The number of esters is 1. The van der Waals surface area contributed by atoms with E-state index in [4.69, 9.17) is 0 Å². The van der Waals surface area contributed by atoms with Gasteiger partial charge < -0.3 is 9.47 Å². The summed E-state index contributed by atoms with van der Waals surface area (Å²) in [5.41, 5.74) is -2.73. The van der Waals surface area contributed by atoms with Gasteiger partial charge >= 0.3 is 18.5 Å². The van der Waals surface area contributed by atoms with Crippen LogP contribution in [-0.2, 0) is 27.5 Å². The minimum absolute atomic E-state index is 0.0809. The molecule has 0 aliphatic carbocycles. The van der Waals surface area contributed by atoms with Gasteiger partial charge in [0, 0.05) is 11.4 Å². The molecule has 1 heterocycles. The molecule has 0 saturated heterocycles. The van der Waals surface area contributed by atoms with E-state index in [1.54, 1.807) is 0 Å². The number of aromatic nitrogens is 1. The Morgan fingerprint density at radius 2 is 1.87 bits per heavy atom. The Morgan fingerprint density at radius 3 is 2.30 bits per heavy atom. The molecular formula is C12H10BrF6NO3. The number of hydrogen-bond donors (Lipinski definition) is 0. The number of hydrogen-bond acceptors (Lipinski definition) is 4. The summed E-state index contributed by atoms with van der Waals surface area (Å²) in [5.74, 6) is -2.10. The molecule has 11 heteroatoms. The van der Waals surface area contributed by atoms with Crippen LogP contribution in [0.3, 0.4) is 0 Å². The summed E-state index contributed by atoms with van der Waals surface area (Å²) < 4.78 is 84.2. The lowest BCUT2D eigenvalue weighted by molar-refractivity contribution is -0.276. The first-order valence-electron chi connectivity index (χ1n) is 6.05. The summed E-state index contributed by atoms with van der Waals surface area (Å²) in [5, 5.41) is -0.479. The topological polar surface area (TPSA) is 48.4 Å². The zero-order valence-corrected chi connectivity index (χ0v) is 13.1. The van der Waals surface area contributed by atoms with Crippen LogP contribution in [0.2, 0.25) is 0 Å². The summed E-state index contributed by atoms with van der Waals surface area (Å²) in [6.07, 6.45) is -10.9. The van der Waals surface area contributed by atoms with Crippen LogP contribution in [0.15, 0.2) is 6.07 Å². The molecule has 0 unspecified atom stereocenters. The lowest BCUT2D eigenvalue weighted by atomic mass is 10.0. The van der Waals surface area contributed by atoms with Gasteiger partial charge in [-0.1, -0.05) is 15.9 Å². The van der Waals surface area contributed by atoms with Gasteiger partial charge in [0.1, 0.15) is 0 Å². The van der Waals surface area contributed by atoms with Crippen molar-refractivity contribution in [2.45, 2.75) is 31.2 Å². The smallest absolute Gasteiger partial charge is 0.466 e. The maximum atomic E-state index is 13.1. The van der Waals surface area contributed by atoms with Crippen molar-refractivity contribution in [3.05, 3.63) is 22.9 Å². The van der Waals surface area contributed by atoms with E-state index in [1.807, 2.05) is 0 Å². The van der Waals surface area contributed by atoms with Crippen LogP contribution in [0, 0.1) is 0 Å². The van der Waals surface area contributed by atoms with E-state index < -0.39 is 53.0 Å². The van der Waals surface area contributed by atoms with Crippen LogP contribution in [0.25, 0.3) is 0 Å². The van der Waals surface area contributed by atoms with Crippen LogP contribution in [-0.4, -0.2) is 23.9 Å². The highest BCUT2D eigenvalue weighted by atomic mass is 79.9. The molecule has 0 atom stereocenters. The van der Waals surface area contributed by atoms with Crippen molar-refractivity contribution in [3.63, 3.8) is 0 Å². The van der Waals surface area contributed by atoms with E-state index in [-0.39, 0.29) is 6.61 Å². The maximum absolute atomic E-state index is 13.1. The van der Waals surface area contributed by atoms with Gasteiger partial charge in [-0.05, 0) is 12.5 Å². The Labute approximate surface area is 134 Å². The molecule has 0 amide bonds. The lowest BCUT2D eigenvalue weighted by Crippen LogP contribution is -2.21. The van der Waals surface area contributed by atoms with Crippen molar-refractivity contribution < 1.29 is 40.6 Å². The third-order valence-corrected chi connectivity index (χ3v) is 2.95. The quantitative estimate of drug-likeness (QED) is 0.419. The second-order valence-electron chi connectivity index (χ2n) is 4.10. The molecule has 1 aromatic heterocycles. The molecule has 1 rings (SSSR count). The number of rotatable bonds is 5. The molecule has 0 fully saturated rings. The van der Waals surface area contributed by atoms with E-state index in [0.717, 1.165) is 0 Å². The van der Waals surface area contributed by atoms with Crippen LogP contribution in [0.1, 0.15) is 23.7 Å². The fourth-order valence-corrected chi connectivity index (χ4v) is 2.15. The van der Waals surface area contributed by atoms with Crippen molar-refractivity contribution in [1.82, 2.24) is 4.98 Å². The Balaban J connectivity index is 3.40. The molecule has 4 nitrogen and oxygen atoms in total. The Morgan fingerprint density at radius 1 is 1.26 bits per heavy atom. The predicted octanol–water partition coefficient (Wildman–Crippen LogP) is 4.00. The molecular weight excluding hydrogens is 400 g/mol. The monoisotopic (exact) mass is 409 g/mol. The summed E-state index contributed by atoms with van der Waals surface area (Å²) in [7, 11) is 0. The number of pyridine rings is 1. The number of halogens is 7. The molecule has 0 N–H and O–H groups in total. The molecule has 1 aromatic rings. The summed E-state index contributed by atoms with van der Waals surface area (Å²) in [6, 6.07) is 0.430. The molecule has 0 saturated carbocycles. The van der Waals surface area contributed by atoms with Gasteiger partial charge in [-0.3, -0.25) is 4.79 Å². The van der Waals surface area contributed by atoms with Crippen molar-refractivity contribution >= 4 is 21.9 Å². The first-order valence-corrected chi connectivity index (χ1v) is 7.17. The van der Waals surface area contributed by atoms with Crippen LogP contribution >= 0.6 is 15.9 Å². The Hall–Kier alpha value is -1.52. The number of nitrogens with zero attached hydrogens (tertiary/aromatic N) is 1. The van der Waals surface area contributed by atoms with Crippen molar-refractivity contribution in [3.8, 4) is 5.88 Å². The molecule has 0 bridgehead atoms. The van der Waals surface area contributed by atoms with E-state index >= 15 is 0 Å². The van der Waals surface area contributed by atoms with Crippen LogP contribution in [0.4, 0.5) is 26.3 Å². The van der Waals surface area contributed by atoms with Gasteiger partial charge in [-0.25, -0.2) is 4.98 Å². The van der Waals surface area contributed by atoms with Gasteiger partial charge in [0.05, 0.1) is 24.3 Å². The number of carbonyl (C=O) groups excluding carboxylic acids is 1. The van der Waals surface area contributed by atoms with Gasteiger partial charge in [0.2, 0.25) is 5.88 Å². The second kappa shape index (κ2) is 7.37. The lowest BCUT2D eigenvalue weighted by Gasteiger charge is -2.17. The average molecular weight is 410 g/mol. The SMILES string of the molecule is CCOC(=O)Cc1cc(OC(F)(F)F)nc(CBr)c1C(F)(F)F. The molecule has 0 aliphatic heterocycles. The predicted molar refractivity (Wildman–Crippen MR) is 68.9 cm³/mol. The molecule has 0 spiro atoms. The molecule has 130 valence electrons. The third-order valence-electron chi connectivity index (χ3n) is 2.42. The Kier molecular flexibility index (Phi) is 6.25. The van der Waals surface area contributed by atoms with Crippen LogP contribution < -0.4 is 4.74 Å². The van der Waals surface area contributed by atoms with Gasteiger partial charge in [-0.15, -0.1) is 13.2 Å². The zero-order chi connectivity index (χ0) is 17.8. The molecule has 0 aromatic carbocycles. The highest BCUT2D eigenvalue weighted by Gasteiger charge is 2.39. The zero-order valence-electron chi connectivity index (χ0n) is 11.5. The minimum Gasteiger partial charge on any atom is -0.466 e. The number of ether oxygens (including phenoxy) is 2. The summed E-state index contributed by atoms with van der Waals surface area (Å²) in [4.78, 5) is 14.6. The normalized spacial score (nSPS) is 12.2. The van der Waals surface area contributed by atoms with Crippen molar-refractivity contribution in [2.75, 3.05) is 6.61 Å². The highest BCUT2D eigenvalue weighted by molar-refractivity contribution is 9.08. The number of carbonyl (C=O) groups is 1. The van der Waals surface area contributed by atoms with Crippen LogP contribution in [0.5, 0.6) is 5.88 Å². The highest BCUT2D eigenvalue weighted by Crippen LogP contribution is 2.37. The fourth-order valence-electron chi connectivity index (χ4n) is 1.75. The second-order valence-corrected chi connectivity index (χ2v) is 4.66. The molecule has 0 aliphatic rings. The number of alkyl halides is 7. The molecule has 23 heavy (non-hydrogen) atoms.